The van der Waals surface area contributed by atoms with E-state index in [1.807, 2.05) is 0 Å². The van der Waals surface area contributed by atoms with E-state index in [0.29, 0.717) is 23.4 Å². The fourth-order valence-corrected chi connectivity index (χ4v) is 2.73. The number of likely N-dealkylation sites (tertiary alicyclic amines) is 1. The van der Waals surface area contributed by atoms with Crippen molar-refractivity contribution >= 4 is 17.0 Å². The number of fused-ring (bicyclic) bond motifs is 1. The van der Waals surface area contributed by atoms with Gasteiger partial charge in [0.15, 0.2) is 0 Å². The Kier molecular flexibility index (Phi) is 3.40. The van der Waals surface area contributed by atoms with Gasteiger partial charge in [-0.1, -0.05) is 0 Å². The molecule has 20 heavy (non-hydrogen) atoms. The first-order chi connectivity index (χ1) is 9.63. The molecule has 2 aromatic rings. The summed E-state index contributed by atoms with van der Waals surface area (Å²) in [4.78, 5) is 17.7. The predicted octanol–water partition coefficient (Wildman–Crippen LogP) is 1.86. The number of imidazole rings is 1. The minimum atomic E-state index is -0.920. The summed E-state index contributed by atoms with van der Waals surface area (Å²) < 4.78 is 14.9. The lowest BCUT2D eigenvalue weighted by Gasteiger charge is -2.14. The van der Waals surface area contributed by atoms with Gasteiger partial charge in [0, 0.05) is 6.07 Å². The lowest BCUT2D eigenvalue weighted by Crippen LogP contribution is -2.22. The monoisotopic (exact) mass is 277 g/mol. The topological polar surface area (TPSA) is 58.4 Å². The van der Waals surface area contributed by atoms with Crippen LogP contribution in [0.3, 0.4) is 0 Å². The molecule has 0 unspecified atom stereocenters. The molecule has 1 aromatic carbocycles. The molecule has 3 rings (SSSR count). The molecule has 0 saturated carbocycles. The number of hydrogen-bond acceptors (Lipinski definition) is 3. The van der Waals surface area contributed by atoms with Crippen LogP contribution in [0.1, 0.15) is 18.7 Å². The molecule has 0 bridgehead atoms. The Morgan fingerprint density at radius 1 is 1.35 bits per heavy atom. The van der Waals surface area contributed by atoms with E-state index in [4.69, 9.17) is 5.11 Å². The van der Waals surface area contributed by atoms with E-state index in [1.54, 1.807) is 10.6 Å². The van der Waals surface area contributed by atoms with Gasteiger partial charge >= 0.3 is 5.97 Å². The van der Waals surface area contributed by atoms with Gasteiger partial charge < -0.3 is 9.67 Å². The Balaban J connectivity index is 2.01. The number of halogens is 1. The number of aromatic nitrogens is 2. The first-order valence-electron chi connectivity index (χ1n) is 6.72. The van der Waals surface area contributed by atoms with E-state index in [0.717, 1.165) is 25.9 Å². The van der Waals surface area contributed by atoms with Crippen LogP contribution in [0.4, 0.5) is 4.39 Å². The second-order valence-electron chi connectivity index (χ2n) is 5.12. The van der Waals surface area contributed by atoms with Gasteiger partial charge in [-0.15, -0.1) is 0 Å². The van der Waals surface area contributed by atoms with Crippen LogP contribution in [0.5, 0.6) is 0 Å². The molecular weight excluding hydrogens is 261 g/mol. The van der Waals surface area contributed by atoms with Gasteiger partial charge in [-0.25, -0.2) is 9.37 Å². The van der Waals surface area contributed by atoms with Gasteiger partial charge in [0.05, 0.1) is 17.6 Å². The number of carboxylic acids is 1. The Morgan fingerprint density at radius 3 is 2.80 bits per heavy atom. The van der Waals surface area contributed by atoms with Crippen LogP contribution in [-0.2, 0) is 17.9 Å². The zero-order valence-corrected chi connectivity index (χ0v) is 11.0. The molecule has 0 amide bonds. The van der Waals surface area contributed by atoms with Crippen LogP contribution < -0.4 is 0 Å². The molecule has 1 aliphatic rings. The van der Waals surface area contributed by atoms with Crippen LogP contribution in [0, 0.1) is 5.82 Å². The second kappa shape index (κ2) is 5.20. The molecular formula is C14H16FN3O2. The highest BCUT2D eigenvalue weighted by atomic mass is 19.1. The highest BCUT2D eigenvalue weighted by molar-refractivity contribution is 5.78. The molecule has 1 aromatic heterocycles. The van der Waals surface area contributed by atoms with Gasteiger partial charge in [0.25, 0.3) is 0 Å². The van der Waals surface area contributed by atoms with Crippen molar-refractivity contribution in [3.63, 3.8) is 0 Å². The van der Waals surface area contributed by atoms with Crippen LogP contribution in [0.2, 0.25) is 0 Å². The van der Waals surface area contributed by atoms with Gasteiger partial charge in [-0.3, -0.25) is 9.69 Å². The van der Waals surface area contributed by atoms with Crippen LogP contribution >= 0.6 is 0 Å². The Hall–Kier alpha value is -1.95. The third-order valence-electron chi connectivity index (χ3n) is 3.65. The number of rotatable bonds is 4. The molecule has 0 aliphatic carbocycles. The first-order valence-corrected chi connectivity index (χ1v) is 6.72. The lowest BCUT2D eigenvalue weighted by molar-refractivity contribution is -0.137. The lowest BCUT2D eigenvalue weighted by atomic mass is 10.3. The van der Waals surface area contributed by atoms with Crippen molar-refractivity contribution in [3.05, 3.63) is 29.8 Å². The van der Waals surface area contributed by atoms with Gasteiger partial charge in [-0.2, -0.15) is 0 Å². The number of carboxylic acid groups (broad SMARTS) is 1. The van der Waals surface area contributed by atoms with Crippen molar-refractivity contribution in [3.8, 4) is 0 Å². The van der Waals surface area contributed by atoms with E-state index in [-0.39, 0.29) is 12.4 Å². The zero-order valence-electron chi connectivity index (χ0n) is 11.0. The summed E-state index contributed by atoms with van der Waals surface area (Å²) in [7, 11) is 0. The summed E-state index contributed by atoms with van der Waals surface area (Å²) in [6.45, 7) is 2.48. The van der Waals surface area contributed by atoms with Crippen LogP contribution in [-0.4, -0.2) is 38.6 Å². The zero-order chi connectivity index (χ0) is 14.1. The van der Waals surface area contributed by atoms with Crippen molar-refractivity contribution in [2.45, 2.75) is 25.9 Å². The predicted molar refractivity (Wildman–Crippen MR) is 71.8 cm³/mol. The smallest absolute Gasteiger partial charge is 0.323 e. The highest BCUT2D eigenvalue weighted by Gasteiger charge is 2.18. The number of aliphatic carboxylic acids is 1. The van der Waals surface area contributed by atoms with E-state index < -0.39 is 5.97 Å². The Morgan fingerprint density at radius 2 is 2.10 bits per heavy atom. The minimum absolute atomic E-state index is 0.148. The SMILES string of the molecule is O=C(O)Cn1c(CN2CCCC2)nc2cc(F)ccc21. The van der Waals surface area contributed by atoms with Crippen molar-refractivity contribution in [2.75, 3.05) is 13.1 Å². The van der Waals surface area contributed by atoms with Crippen molar-refractivity contribution < 1.29 is 14.3 Å². The number of benzene rings is 1. The standard InChI is InChI=1S/C14H16FN3O2/c15-10-3-4-12-11(7-10)16-13(18(12)9-14(19)20)8-17-5-1-2-6-17/h3-4,7H,1-2,5-6,8-9H2,(H,19,20). The summed E-state index contributed by atoms with van der Waals surface area (Å²) in [5, 5.41) is 9.05. The van der Waals surface area contributed by atoms with Crippen molar-refractivity contribution in [2.24, 2.45) is 0 Å². The van der Waals surface area contributed by atoms with E-state index in [9.17, 15) is 9.18 Å². The normalized spacial score (nSPS) is 16.1. The summed E-state index contributed by atoms with van der Waals surface area (Å²) in [5.41, 5.74) is 1.18. The molecule has 0 spiro atoms. The third kappa shape index (κ3) is 2.51. The maximum atomic E-state index is 13.3. The molecule has 0 radical (unpaired) electrons. The molecule has 1 saturated heterocycles. The van der Waals surface area contributed by atoms with E-state index in [2.05, 4.69) is 9.88 Å². The number of hydrogen-bond donors (Lipinski definition) is 1. The van der Waals surface area contributed by atoms with Crippen LogP contribution in [0.15, 0.2) is 18.2 Å². The molecule has 1 fully saturated rings. The van der Waals surface area contributed by atoms with Gasteiger partial charge in [0.1, 0.15) is 18.2 Å². The summed E-state index contributed by atoms with van der Waals surface area (Å²) >= 11 is 0. The van der Waals surface area contributed by atoms with E-state index in [1.165, 1.54) is 12.1 Å². The highest BCUT2D eigenvalue weighted by Crippen LogP contribution is 2.20. The Labute approximate surface area is 115 Å². The first kappa shape index (κ1) is 13.1. The molecule has 0 atom stereocenters. The molecule has 5 nitrogen and oxygen atoms in total. The van der Waals surface area contributed by atoms with Crippen molar-refractivity contribution in [1.29, 1.82) is 0 Å². The van der Waals surface area contributed by atoms with Crippen LogP contribution in [0.25, 0.3) is 11.0 Å². The number of nitrogens with zero attached hydrogens (tertiary/aromatic N) is 3. The minimum Gasteiger partial charge on any atom is -0.480 e. The number of carbonyl (C=O) groups is 1. The summed E-state index contributed by atoms with van der Waals surface area (Å²) in [6, 6.07) is 4.28. The quantitative estimate of drug-likeness (QED) is 0.926. The largest absolute Gasteiger partial charge is 0.480 e. The fraction of sp³-hybridized carbons (Fsp3) is 0.429. The summed E-state index contributed by atoms with van der Waals surface area (Å²) in [6.07, 6.45) is 2.32. The maximum Gasteiger partial charge on any atom is 0.323 e. The summed E-state index contributed by atoms with van der Waals surface area (Å²) in [5.74, 6) is -0.587. The Bertz CT molecular complexity index is 647. The molecule has 1 aliphatic heterocycles. The second-order valence-corrected chi connectivity index (χ2v) is 5.12. The molecule has 1 N–H and O–H groups in total. The maximum absolute atomic E-state index is 13.3. The molecule has 106 valence electrons. The average Bonchev–Trinajstić information content (AvgIpc) is 2.98. The fourth-order valence-electron chi connectivity index (χ4n) is 2.73. The van der Waals surface area contributed by atoms with Gasteiger partial charge in [-0.05, 0) is 38.1 Å². The third-order valence-corrected chi connectivity index (χ3v) is 3.65. The molecule has 6 heteroatoms. The average molecular weight is 277 g/mol. The van der Waals surface area contributed by atoms with E-state index >= 15 is 0 Å². The van der Waals surface area contributed by atoms with Gasteiger partial charge in [0.2, 0.25) is 0 Å². The molecule has 2 heterocycles. The van der Waals surface area contributed by atoms with Crippen molar-refractivity contribution in [1.82, 2.24) is 14.5 Å².